The lowest BCUT2D eigenvalue weighted by atomic mass is 9.88. The Morgan fingerprint density at radius 3 is 2.61 bits per heavy atom. The number of β-amino-alcohol motifs (C(OH)–C–C–N with tert-alkyl or cyclic N) is 1. The van der Waals surface area contributed by atoms with Gasteiger partial charge in [0.05, 0.1) is 0 Å². The van der Waals surface area contributed by atoms with Gasteiger partial charge in [0.2, 0.25) is 5.91 Å². The monoisotopic (exact) mass is 402 g/mol. The highest BCUT2D eigenvalue weighted by Crippen LogP contribution is 2.23. The van der Waals surface area contributed by atoms with Crippen LogP contribution in [0.3, 0.4) is 0 Å². The molecule has 1 fully saturated rings. The molecule has 2 aromatic carbocycles. The van der Waals surface area contributed by atoms with Crippen molar-refractivity contribution in [2.45, 2.75) is 37.5 Å². The first kappa shape index (κ1) is 20.8. The molecule has 1 amide bonds. The third-order valence-corrected chi connectivity index (χ3v) is 5.72. The van der Waals surface area contributed by atoms with E-state index in [0.29, 0.717) is 37.4 Å². The van der Waals surface area contributed by atoms with Crippen LogP contribution < -0.4 is 5.32 Å². The van der Waals surface area contributed by atoms with Crippen molar-refractivity contribution in [1.82, 2.24) is 10.2 Å². The molecule has 0 radical (unpaired) electrons. The molecule has 3 N–H and O–H groups in total. The van der Waals surface area contributed by atoms with Gasteiger partial charge in [-0.15, -0.1) is 0 Å². The standard InChI is InChI=1S/C22H27ClN2O3/c23-19-9-5-4-8-18(19)14-24-16-22(28)12-13-25(15-20(22)26)21(27)11-10-17-6-2-1-3-7-17/h1-9,20,24,26,28H,10-16H2/t20-,22-/m0/s1. The molecule has 0 saturated carbocycles. The van der Waals surface area contributed by atoms with Crippen LogP contribution in [0.1, 0.15) is 24.0 Å². The Morgan fingerprint density at radius 2 is 1.89 bits per heavy atom. The summed E-state index contributed by atoms with van der Waals surface area (Å²) in [6, 6.07) is 17.4. The van der Waals surface area contributed by atoms with E-state index >= 15 is 0 Å². The lowest BCUT2D eigenvalue weighted by Gasteiger charge is -2.42. The van der Waals surface area contributed by atoms with Crippen LogP contribution in [0.2, 0.25) is 5.02 Å². The number of amides is 1. The molecule has 0 aromatic heterocycles. The number of hydrogen-bond acceptors (Lipinski definition) is 4. The van der Waals surface area contributed by atoms with Gasteiger partial charge in [-0.05, 0) is 30.0 Å². The van der Waals surface area contributed by atoms with Crippen LogP contribution in [0.25, 0.3) is 0 Å². The Balaban J connectivity index is 1.46. The van der Waals surface area contributed by atoms with Crippen molar-refractivity contribution in [3.63, 3.8) is 0 Å². The van der Waals surface area contributed by atoms with Crippen LogP contribution in [0, 0.1) is 0 Å². The van der Waals surface area contributed by atoms with E-state index in [-0.39, 0.29) is 19.0 Å². The summed E-state index contributed by atoms with van der Waals surface area (Å²) in [5.41, 5.74) is 0.807. The van der Waals surface area contributed by atoms with Crippen LogP contribution in [0.4, 0.5) is 0 Å². The quantitative estimate of drug-likeness (QED) is 0.665. The van der Waals surface area contributed by atoms with E-state index in [1.807, 2.05) is 54.6 Å². The van der Waals surface area contributed by atoms with Crippen LogP contribution in [0.15, 0.2) is 54.6 Å². The van der Waals surface area contributed by atoms with E-state index in [1.165, 1.54) is 0 Å². The topological polar surface area (TPSA) is 72.8 Å². The second-order valence-electron chi connectivity index (χ2n) is 7.39. The molecule has 2 aromatic rings. The maximum absolute atomic E-state index is 12.5. The number of aryl methyl sites for hydroxylation is 1. The zero-order valence-corrected chi connectivity index (χ0v) is 16.6. The number of benzene rings is 2. The number of hydrogen-bond donors (Lipinski definition) is 3. The molecule has 150 valence electrons. The van der Waals surface area contributed by atoms with Gasteiger partial charge >= 0.3 is 0 Å². The predicted molar refractivity (Wildman–Crippen MR) is 110 cm³/mol. The van der Waals surface area contributed by atoms with E-state index in [1.54, 1.807) is 4.90 Å². The van der Waals surface area contributed by atoms with Gasteiger partial charge in [-0.25, -0.2) is 0 Å². The molecule has 1 aliphatic heterocycles. The number of nitrogens with zero attached hydrogens (tertiary/aromatic N) is 1. The van der Waals surface area contributed by atoms with Gasteiger partial charge in [-0.3, -0.25) is 4.79 Å². The number of halogens is 1. The average molecular weight is 403 g/mol. The minimum Gasteiger partial charge on any atom is -0.388 e. The van der Waals surface area contributed by atoms with E-state index in [2.05, 4.69) is 5.32 Å². The lowest BCUT2D eigenvalue weighted by molar-refractivity contribution is -0.148. The summed E-state index contributed by atoms with van der Waals surface area (Å²) < 4.78 is 0. The largest absolute Gasteiger partial charge is 0.388 e. The van der Waals surface area contributed by atoms with Crippen LogP contribution in [0.5, 0.6) is 0 Å². The molecule has 2 atom stereocenters. The molecule has 1 aliphatic rings. The minimum absolute atomic E-state index is 0.00831. The van der Waals surface area contributed by atoms with E-state index in [0.717, 1.165) is 11.1 Å². The van der Waals surface area contributed by atoms with Crippen molar-refractivity contribution in [3.05, 3.63) is 70.7 Å². The highest BCUT2D eigenvalue weighted by molar-refractivity contribution is 6.31. The fourth-order valence-electron chi connectivity index (χ4n) is 3.51. The van der Waals surface area contributed by atoms with Crippen molar-refractivity contribution >= 4 is 17.5 Å². The molecule has 0 spiro atoms. The van der Waals surface area contributed by atoms with Gasteiger partial charge < -0.3 is 20.4 Å². The summed E-state index contributed by atoms with van der Waals surface area (Å²) in [5.74, 6) is 0.00831. The Hall–Kier alpha value is -1.92. The number of nitrogens with one attached hydrogen (secondary N) is 1. The third kappa shape index (κ3) is 5.32. The van der Waals surface area contributed by atoms with Crippen LogP contribution in [-0.2, 0) is 17.8 Å². The Bertz CT molecular complexity index is 786. The van der Waals surface area contributed by atoms with Crippen molar-refractivity contribution in [3.8, 4) is 0 Å². The summed E-state index contributed by atoms with van der Waals surface area (Å²) in [4.78, 5) is 14.1. The van der Waals surface area contributed by atoms with Crippen molar-refractivity contribution in [2.75, 3.05) is 19.6 Å². The van der Waals surface area contributed by atoms with Gasteiger partial charge in [-0.1, -0.05) is 60.1 Å². The summed E-state index contributed by atoms with van der Waals surface area (Å²) >= 11 is 6.14. The second-order valence-corrected chi connectivity index (χ2v) is 7.80. The third-order valence-electron chi connectivity index (χ3n) is 5.36. The SMILES string of the molecule is O=C(CCc1ccccc1)N1CC[C@](O)(CNCc2ccccc2Cl)[C@@H](O)C1. The molecule has 6 heteroatoms. The highest BCUT2D eigenvalue weighted by atomic mass is 35.5. The average Bonchev–Trinajstić information content (AvgIpc) is 2.70. The van der Waals surface area contributed by atoms with E-state index in [9.17, 15) is 15.0 Å². The molecule has 0 unspecified atom stereocenters. The summed E-state index contributed by atoms with van der Waals surface area (Å²) in [6.45, 7) is 1.34. The number of carbonyl (C=O) groups is 1. The molecule has 28 heavy (non-hydrogen) atoms. The lowest BCUT2D eigenvalue weighted by Crippen LogP contribution is -2.60. The van der Waals surface area contributed by atoms with Crippen molar-refractivity contribution < 1.29 is 15.0 Å². The fourth-order valence-corrected chi connectivity index (χ4v) is 3.71. The summed E-state index contributed by atoms with van der Waals surface area (Å²) in [5, 5.41) is 25.1. The summed E-state index contributed by atoms with van der Waals surface area (Å²) in [6.07, 6.45) is 0.428. The van der Waals surface area contributed by atoms with Crippen LogP contribution >= 0.6 is 11.6 Å². The number of carbonyl (C=O) groups excluding carboxylic acids is 1. The van der Waals surface area contributed by atoms with Gasteiger partial charge in [0.1, 0.15) is 11.7 Å². The maximum atomic E-state index is 12.5. The normalized spacial score (nSPS) is 22.2. The van der Waals surface area contributed by atoms with Gasteiger partial charge in [-0.2, -0.15) is 0 Å². The smallest absolute Gasteiger partial charge is 0.222 e. The summed E-state index contributed by atoms with van der Waals surface area (Å²) in [7, 11) is 0. The predicted octanol–water partition coefficient (Wildman–Crippen LogP) is 2.39. The van der Waals surface area contributed by atoms with Gasteiger partial charge in [0.15, 0.2) is 0 Å². The highest BCUT2D eigenvalue weighted by Gasteiger charge is 2.41. The molecule has 0 bridgehead atoms. The minimum atomic E-state index is -1.25. The maximum Gasteiger partial charge on any atom is 0.222 e. The molecule has 0 aliphatic carbocycles. The molecule has 3 rings (SSSR count). The first-order valence-corrected chi connectivity index (χ1v) is 10.0. The Labute approximate surface area is 170 Å². The number of likely N-dealkylation sites (tertiary alicyclic amines) is 1. The van der Waals surface area contributed by atoms with E-state index in [4.69, 9.17) is 11.6 Å². The molecule has 5 nitrogen and oxygen atoms in total. The Morgan fingerprint density at radius 1 is 1.18 bits per heavy atom. The van der Waals surface area contributed by atoms with Gasteiger partial charge in [0, 0.05) is 37.6 Å². The number of rotatable bonds is 7. The van der Waals surface area contributed by atoms with Gasteiger partial charge in [0.25, 0.3) is 0 Å². The van der Waals surface area contributed by atoms with Crippen molar-refractivity contribution in [1.29, 1.82) is 0 Å². The molecule has 1 saturated heterocycles. The Kier molecular flexibility index (Phi) is 7.08. The zero-order valence-electron chi connectivity index (χ0n) is 15.9. The number of aliphatic hydroxyl groups excluding tert-OH is 1. The number of piperidine rings is 1. The molecular formula is C22H27ClN2O3. The molecular weight excluding hydrogens is 376 g/mol. The fraction of sp³-hybridized carbons (Fsp3) is 0.409. The zero-order chi connectivity index (χ0) is 20.0. The van der Waals surface area contributed by atoms with Crippen molar-refractivity contribution in [2.24, 2.45) is 0 Å². The number of aliphatic hydroxyl groups is 2. The first-order chi connectivity index (χ1) is 13.5. The second kappa shape index (κ2) is 9.52. The van der Waals surface area contributed by atoms with E-state index < -0.39 is 11.7 Å². The molecule has 1 heterocycles. The first-order valence-electron chi connectivity index (χ1n) is 9.64. The van der Waals surface area contributed by atoms with Crippen LogP contribution in [-0.4, -0.2) is 52.4 Å².